The number of nitrogens with one attached hydrogen (secondary N) is 2. The first kappa shape index (κ1) is 12.4. The van der Waals surface area contributed by atoms with Crippen molar-refractivity contribution in [3.05, 3.63) is 33.4 Å². The van der Waals surface area contributed by atoms with Gasteiger partial charge in [0.2, 0.25) is 0 Å². The molecule has 4 nitrogen and oxygen atoms in total. The Kier molecular flexibility index (Phi) is 5.00. The molecule has 0 spiro atoms. The molecule has 1 amide bonds. The predicted octanol–water partition coefficient (Wildman–Crippen LogP) is 0.873. The second kappa shape index (κ2) is 6.04. The van der Waals surface area contributed by atoms with E-state index in [1.54, 1.807) is 6.07 Å². The predicted molar refractivity (Wildman–Crippen MR) is 68.3 cm³/mol. The van der Waals surface area contributed by atoms with Gasteiger partial charge in [-0.1, -0.05) is 12.1 Å². The zero-order chi connectivity index (χ0) is 11.3. The summed E-state index contributed by atoms with van der Waals surface area (Å²) < 4.78 is 0.945. The summed E-state index contributed by atoms with van der Waals surface area (Å²) >= 11 is 2.14. The van der Waals surface area contributed by atoms with E-state index in [0.29, 0.717) is 12.1 Å². The maximum Gasteiger partial charge on any atom is 0.252 e. The van der Waals surface area contributed by atoms with Crippen molar-refractivity contribution in [3.63, 3.8) is 0 Å². The number of amides is 1. The molecule has 0 saturated carbocycles. The lowest BCUT2D eigenvalue weighted by Gasteiger charge is -2.13. The van der Waals surface area contributed by atoms with Crippen LogP contribution in [0.5, 0.6) is 0 Å². The Balaban J connectivity index is 2.65. The molecule has 0 unspecified atom stereocenters. The lowest BCUT2D eigenvalue weighted by Crippen LogP contribution is -2.42. The van der Waals surface area contributed by atoms with E-state index in [0.717, 1.165) is 3.57 Å². The van der Waals surface area contributed by atoms with E-state index in [1.165, 1.54) is 0 Å². The van der Waals surface area contributed by atoms with Gasteiger partial charge in [-0.25, -0.2) is 0 Å². The SMILES string of the molecule is C[C@@H](CNN)NC(=O)c1ccccc1I. The molecule has 0 aromatic heterocycles. The Morgan fingerprint density at radius 1 is 1.53 bits per heavy atom. The van der Waals surface area contributed by atoms with Crippen molar-refractivity contribution in [3.8, 4) is 0 Å². The van der Waals surface area contributed by atoms with Gasteiger partial charge in [0.1, 0.15) is 0 Å². The number of carbonyl (C=O) groups is 1. The molecule has 1 aromatic carbocycles. The van der Waals surface area contributed by atoms with E-state index in [-0.39, 0.29) is 11.9 Å². The highest BCUT2D eigenvalue weighted by atomic mass is 127. The number of carbonyl (C=O) groups excluding carboxylic acids is 1. The summed E-state index contributed by atoms with van der Waals surface area (Å²) in [5, 5.41) is 2.85. The van der Waals surface area contributed by atoms with E-state index in [1.807, 2.05) is 25.1 Å². The van der Waals surface area contributed by atoms with Gasteiger partial charge >= 0.3 is 0 Å². The third kappa shape index (κ3) is 3.77. The number of halogens is 1. The molecule has 82 valence electrons. The highest BCUT2D eigenvalue weighted by Gasteiger charge is 2.11. The largest absolute Gasteiger partial charge is 0.348 e. The fourth-order valence-electron chi connectivity index (χ4n) is 1.17. The van der Waals surface area contributed by atoms with E-state index in [2.05, 4.69) is 33.3 Å². The standard InChI is InChI=1S/C10H14IN3O/c1-7(6-13-12)14-10(15)8-4-2-3-5-9(8)11/h2-5,7,13H,6,12H2,1H3,(H,14,15)/t7-/m0/s1. The molecule has 0 bridgehead atoms. The van der Waals surface area contributed by atoms with Crippen LogP contribution in [0.1, 0.15) is 17.3 Å². The van der Waals surface area contributed by atoms with Crippen molar-refractivity contribution in [2.45, 2.75) is 13.0 Å². The molecule has 15 heavy (non-hydrogen) atoms. The number of nitrogens with two attached hydrogens (primary N) is 1. The monoisotopic (exact) mass is 319 g/mol. The number of benzene rings is 1. The van der Waals surface area contributed by atoms with Gasteiger partial charge in [-0.2, -0.15) is 0 Å². The van der Waals surface area contributed by atoms with Gasteiger partial charge in [-0.15, -0.1) is 0 Å². The summed E-state index contributed by atoms with van der Waals surface area (Å²) in [6, 6.07) is 7.48. The first-order valence-electron chi connectivity index (χ1n) is 4.64. The fraction of sp³-hybridized carbons (Fsp3) is 0.300. The molecule has 0 aliphatic carbocycles. The summed E-state index contributed by atoms with van der Waals surface area (Å²) in [4.78, 5) is 11.8. The molecule has 0 fully saturated rings. The Morgan fingerprint density at radius 3 is 2.80 bits per heavy atom. The molecule has 0 aliphatic rings. The molecular formula is C10H14IN3O. The maximum absolute atomic E-state index is 11.8. The molecular weight excluding hydrogens is 305 g/mol. The second-order valence-electron chi connectivity index (χ2n) is 3.26. The molecule has 1 rings (SSSR count). The summed E-state index contributed by atoms with van der Waals surface area (Å²) in [7, 11) is 0. The Hall–Kier alpha value is -0.660. The lowest BCUT2D eigenvalue weighted by molar-refractivity contribution is 0.0939. The van der Waals surface area contributed by atoms with Gasteiger partial charge in [0.25, 0.3) is 5.91 Å². The van der Waals surface area contributed by atoms with Gasteiger partial charge < -0.3 is 5.32 Å². The molecule has 4 N–H and O–H groups in total. The first-order valence-corrected chi connectivity index (χ1v) is 5.72. The van der Waals surface area contributed by atoms with Crippen molar-refractivity contribution in [2.75, 3.05) is 6.54 Å². The summed E-state index contributed by atoms with van der Waals surface area (Å²) in [6.45, 7) is 2.45. The van der Waals surface area contributed by atoms with Gasteiger partial charge in [0.05, 0.1) is 5.56 Å². The summed E-state index contributed by atoms with van der Waals surface area (Å²) in [5.41, 5.74) is 3.22. The Bertz CT molecular complexity index is 343. The summed E-state index contributed by atoms with van der Waals surface area (Å²) in [6.07, 6.45) is 0. The molecule has 0 saturated heterocycles. The van der Waals surface area contributed by atoms with Crippen molar-refractivity contribution in [2.24, 2.45) is 5.84 Å². The number of rotatable bonds is 4. The Labute approximate surface area is 103 Å². The lowest BCUT2D eigenvalue weighted by atomic mass is 10.2. The van der Waals surface area contributed by atoms with Crippen LogP contribution in [0.4, 0.5) is 0 Å². The fourth-order valence-corrected chi connectivity index (χ4v) is 1.81. The van der Waals surface area contributed by atoms with Gasteiger partial charge in [-0.3, -0.25) is 16.1 Å². The minimum Gasteiger partial charge on any atom is -0.348 e. The summed E-state index contributed by atoms with van der Waals surface area (Å²) in [5.74, 6) is 5.10. The van der Waals surface area contributed by atoms with Gasteiger partial charge in [0.15, 0.2) is 0 Å². The van der Waals surface area contributed by atoms with Gasteiger partial charge in [0, 0.05) is 16.2 Å². The average Bonchev–Trinajstić information content (AvgIpc) is 2.18. The molecule has 0 heterocycles. The average molecular weight is 319 g/mol. The van der Waals surface area contributed by atoms with Crippen LogP contribution in [-0.2, 0) is 0 Å². The van der Waals surface area contributed by atoms with E-state index in [4.69, 9.17) is 5.84 Å². The smallest absolute Gasteiger partial charge is 0.252 e. The highest BCUT2D eigenvalue weighted by molar-refractivity contribution is 14.1. The zero-order valence-corrected chi connectivity index (χ0v) is 10.6. The molecule has 1 atom stereocenters. The minimum atomic E-state index is -0.0669. The van der Waals surface area contributed by atoms with Crippen molar-refractivity contribution >= 4 is 28.5 Å². The zero-order valence-electron chi connectivity index (χ0n) is 8.46. The van der Waals surface area contributed by atoms with Crippen LogP contribution in [0.3, 0.4) is 0 Å². The molecule has 5 heteroatoms. The maximum atomic E-state index is 11.8. The number of hydrogen-bond donors (Lipinski definition) is 3. The van der Waals surface area contributed by atoms with Crippen LogP contribution in [-0.4, -0.2) is 18.5 Å². The normalized spacial score (nSPS) is 12.2. The van der Waals surface area contributed by atoms with Crippen LogP contribution in [0.2, 0.25) is 0 Å². The van der Waals surface area contributed by atoms with Crippen LogP contribution >= 0.6 is 22.6 Å². The third-order valence-electron chi connectivity index (χ3n) is 1.92. The van der Waals surface area contributed by atoms with E-state index < -0.39 is 0 Å². The van der Waals surface area contributed by atoms with E-state index >= 15 is 0 Å². The van der Waals surface area contributed by atoms with Crippen LogP contribution in [0.25, 0.3) is 0 Å². The highest BCUT2D eigenvalue weighted by Crippen LogP contribution is 2.11. The Morgan fingerprint density at radius 2 is 2.20 bits per heavy atom. The number of hydrogen-bond acceptors (Lipinski definition) is 3. The third-order valence-corrected chi connectivity index (χ3v) is 2.86. The quantitative estimate of drug-likeness (QED) is 0.438. The van der Waals surface area contributed by atoms with Gasteiger partial charge in [-0.05, 0) is 41.6 Å². The van der Waals surface area contributed by atoms with Crippen LogP contribution in [0, 0.1) is 3.57 Å². The second-order valence-corrected chi connectivity index (χ2v) is 4.42. The molecule has 1 aromatic rings. The van der Waals surface area contributed by atoms with Crippen molar-refractivity contribution < 1.29 is 4.79 Å². The van der Waals surface area contributed by atoms with Crippen molar-refractivity contribution in [1.29, 1.82) is 0 Å². The molecule has 0 radical (unpaired) electrons. The van der Waals surface area contributed by atoms with Crippen LogP contribution in [0.15, 0.2) is 24.3 Å². The minimum absolute atomic E-state index is 0.0125. The topological polar surface area (TPSA) is 67.2 Å². The van der Waals surface area contributed by atoms with E-state index in [9.17, 15) is 4.79 Å². The molecule has 0 aliphatic heterocycles. The van der Waals surface area contributed by atoms with Crippen LogP contribution < -0.4 is 16.6 Å². The van der Waals surface area contributed by atoms with Crippen molar-refractivity contribution in [1.82, 2.24) is 10.7 Å². The first-order chi connectivity index (χ1) is 7.15. The number of hydrazine groups is 1.